The molecule has 0 radical (unpaired) electrons. The summed E-state index contributed by atoms with van der Waals surface area (Å²) in [5.41, 5.74) is 0.930. The predicted octanol–water partition coefficient (Wildman–Crippen LogP) is 2.77. The molecule has 0 amide bonds. The minimum atomic E-state index is 0.334. The lowest BCUT2D eigenvalue weighted by atomic mass is 10.1. The van der Waals surface area contributed by atoms with Crippen LogP contribution in [-0.4, -0.2) is 29.2 Å². The molecule has 0 aliphatic carbocycles. The molecule has 0 spiro atoms. The highest BCUT2D eigenvalue weighted by molar-refractivity contribution is 7.80. The van der Waals surface area contributed by atoms with Crippen molar-refractivity contribution in [3.05, 3.63) is 18.3 Å². The Morgan fingerprint density at radius 1 is 1.26 bits per heavy atom. The normalized spacial score (nSPS) is 15.4. The van der Waals surface area contributed by atoms with Gasteiger partial charge >= 0.3 is 0 Å². The standard InChI is InChI=1S/C14H22N4S/c1-11(2)16-14(19)17-12-6-7-13(15-10-12)18-8-4-3-5-9-18/h6-7,10-11H,3-5,8-9H2,1-2H3,(H2,16,17,19). The van der Waals surface area contributed by atoms with Gasteiger partial charge in [-0.2, -0.15) is 0 Å². The molecule has 5 heteroatoms. The summed E-state index contributed by atoms with van der Waals surface area (Å²) in [6, 6.07) is 4.43. The molecule has 2 rings (SSSR count). The molecule has 0 saturated carbocycles. The Morgan fingerprint density at radius 2 is 2.00 bits per heavy atom. The van der Waals surface area contributed by atoms with Gasteiger partial charge < -0.3 is 15.5 Å². The number of hydrogen-bond acceptors (Lipinski definition) is 3. The molecular weight excluding hydrogens is 256 g/mol. The van der Waals surface area contributed by atoms with Gasteiger partial charge in [0.15, 0.2) is 5.11 Å². The van der Waals surface area contributed by atoms with Gasteiger partial charge in [0.05, 0.1) is 11.9 Å². The number of piperidine rings is 1. The number of nitrogens with one attached hydrogen (secondary N) is 2. The molecule has 2 heterocycles. The van der Waals surface area contributed by atoms with Crippen LogP contribution in [0.5, 0.6) is 0 Å². The first-order valence-electron chi connectivity index (χ1n) is 6.93. The zero-order valence-corrected chi connectivity index (χ0v) is 12.5. The maximum atomic E-state index is 5.21. The van der Waals surface area contributed by atoms with Gasteiger partial charge in [0.1, 0.15) is 5.82 Å². The van der Waals surface area contributed by atoms with Gasteiger partial charge in [-0.15, -0.1) is 0 Å². The van der Waals surface area contributed by atoms with Gasteiger partial charge in [-0.1, -0.05) is 0 Å². The van der Waals surface area contributed by atoms with Crippen molar-refractivity contribution >= 4 is 28.8 Å². The maximum absolute atomic E-state index is 5.21. The average Bonchev–Trinajstić information content (AvgIpc) is 2.39. The predicted molar refractivity (Wildman–Crippen MR) is 84.8 cm³/mol. The molecule has 1 aromatic rings. The Labute approximate surface area is 120 Å². The minimum Gasteiger partial charge on any atom is -0.360 e. The molecule has 0 unspecified atom stereocenters. The molecule has 0 atom stereocenters. The Bertz CT molecular complexity index is 410. The first kappa shape index (κ1) is 14.1. The maximum Gasteiger partial charge on any atom is 0.171 e. The van der Waals surface area contributed by atoms with Gasteiger partial charge in [-0.3, -0.25) is 0 Å². The molecule has 4 nitrogen and oxygen atoms in total. The van der Waals surface area contributed by atoms with E-state index >= 15 is 0 Å². The summed E-state index contributed by atoms with van der Waals surface area (Å²) in [5, 5.41) is 6.94. The van der Waals surface area contributed by atoms with Crippen molar-refractivity contribution in [3.63, 3.8) is 0 Å². The zero-order chi connectivity index (χ0) is 13.7. The van der Waals surface area contributed by atoms with Crippen molar-refractivity contribution in [2.24, 2.45) is 0 Å². The van der Waals surface area contributed by atoms with E-state index in [9.17, 15) is 0 Å². The molecular formula is C14H22N4S. The van der Waals surface area contributed by atoms with Crippen LogP contribution in [0.25, 0.3) is 0 Å². The van der Waals surface area contributed by atoms with Crippen LogP contribution in [0.15, 0.2) is 18.3 Å². The molecule has 1 saturated heterocycles. The lowest BCUT2D eigenvalue weighted by Gasteiger charge is -2.27. The Balaban J connectivity index is 1.92. The van der Waals surface area contributed by atoms with E-state index in [1.165, 1.54) is 19.3 Å². The van der Waals surface area contributed by atoms with Gasteiger partial charge in [-0.25, -0.2) is 4.98 Å². The van der Waals surface area contributed by atoms with Crippen LogP contribution in [0.1, 0.15) is 33.1 Å². The average molecular weight is 278 g/mol. The zero-order valence-electron chi connectivity index (χ0n) is 11.6. The SMILES string of the molecule is CC(C)NC(=S)Nc1ccc(N2CCCCC2)nc1. The number of pyridine rings is 1. The van der Waals surface area contributed by atoms with Crippen molar-refractivity contribution in [1.29, 1.82) is 0 Å². The second-order valence-electron chi connectivity index (χ2n) is 5.21. The Morgan fingerprint density at radius 3 is 2.58 bits per heavy atom. The second kappa shape index (κ2) is 6.70. The summed E-state index contributed by atoms with van der Waals surface area (Å²) >= 11 is 5.21. The van der Waals surface area contributed by atoms with E-state index in [1.54, 1.807) is 0 Å². The first-order chi connectivity index (χ1) is 9.15. The molecule has 2 N–H and O–H groups in total. The number of aromatic nitrogens is 1. The summed E-state index contributed by atoms with van der Waals surface area (Å²) in [5.74, 6) is 1.06. The molecule has 1 aliphatic heterocycles. The van der Waals surface area contributed by atoms with Crippen LogP contribution in [0.2, 0.25) is 0 Å². The highest BCUT2D eigenvalue weighted by Gasteiger charge is 2.11. The van der Waals surface area contributed by atoms with Crippen LogP contribution < -0.4 is 15.5 Å². The number of nitrogens with zero attached hydrogens (tertiary/aromatic N) is 2. The highest BCUT2D eigenvalue weighted by Crippen LogP contribution is 2.18. The van der Waals surface area contributed by atoms with Crippen molar-refractivity contribution in [2.45, 2.75) is 39.2 Å². The van der Waals surface area contributed by atoms with E-state index in [1.807, 2.05) is 12.3 Å². The van der Waals surface area contributed by atoms with Crippen molar-refractivity contribution < 1.29 is 0 Å². The van der Waals surface area contributed by atoms with E-state index in [4.69, 9.17) is 12.2 Å². The molecule has 0 bridgehead atoms. The third-order valence-electron chi connectivity index (χ3n) is 3.11. The third kappa shape index (κ3) is 4.35. The third-order valence-corrected chi connectivity index (χ3v) is 3.33. The molecule has 1 fully saturated rings. The van der Waals surface area contributed by atoms with E-state index in [2.05, 4.69) is 40.4 Å². The largest absolute Gasteiger partial charge is 0.360 e. The van der Waals surface area contributed by atoms with Crippen LogP contribution >= 0.6 is 12.2 Å². The number of rotatable bonds is 3. The van der Waals surface area contributed by atoms with Gasteiger partial charge in [0.25, 0.3) is 0 Å². The number of thiocarbonyl (C=S) groups is 1. The summed E-state index contributed by atoms with van der Waals surface area (Å²) in [6.45, 7) is 6.36. The van der Waals surface area contributed by atoms with Crippen molar-refractivity contribution in [1.82, 2.24) is 10.3 Å². The topological polar surface area (TPSA) is 40.2 Å². The monoisotopic (exact) mass is 278 g/mol. The summed E-state index contributed by atoms with van der Waals surface area (Å²) in [6.07, 6.45) is 5.72. The van der Waals surface area contributed by atoms with E-state index in [0.29, 0.717) is 11.2 Å². The van der Waals surface area contributed by atoms with Gasteiger partial charge in [0, 0.05) is 19.1 Å². The molecule has 0 aromatic carbocycles. The lowest BCUT2D eigenvalue weighted by molar-refractivity contribution is 0.573. The minimum absolute atomic E-state index is 0.334. The Hall–Kier alpha value is -1.36. The van der Waals surface area contributed by atoms with Crippen LogP contribution in [0.4, 0.5) is 11.5 Å². The fraction of sp³-hybridized carbons (Fsp3) is 0.571. The Kier molecular flexibility index (Phi) is 4.96. The fourth-order valence-corrected chi connectivity index (χ4v) is 2.55. The van der Waals surface area contributed by atoms with E-state index in [-0.39, 0.29) is 0 Å². The van der Waals surface area contributed by atoms with Gasteiger partial charge in [0.2, 0.25) is 0 Å². The van der Waals surface area contributed by atoms with Crippen LogP contribution in [0, 0.1) is 0 Å². The first-order valence-corrected chi connectivity index (χ1v) is 7.34. The smallest absolute Gasteiger partial charge is 0.171 e. The van der Waals surface area contributed by atoms with E-state index < -0.39 is 0 Å². The molecule has 19 heavy (non-hydrogen) atoms. The quantitative estimate of drug-likeness (QED) is 0.832. The highest BCUT2D eigenvalue weighted by atomic mass is 32.1. The van der Waals surface area contributed by atoms with Gasteiger partial charge in [-0.05, 0) is 57.5 Å². The fourth-order valence-electron chi connectivity index (χ4n) is 2.20. The molecule has 1 aliphatic rings. The lowest BCUT2D eigenvalue weighted by Crippen LogP contribution is -2.34. The number of anilines is 2. The summed E-state index contributed by atoms with van der Waals surface area (Å²) in [4.78, 5) is 6.86. The van der Waals surface area contributed by atoms with E-state index in [0.717, 1.165) is 24.6 Å². The summed E-state index contributed by atoms with van der Waals surface area (Å²) in [7, 11) is 0. The molecule has 1 aromatic heterocycles. The summed E-state index contributed by atoms with van der Waals surface area (Å²) < 4.78 is 0. The second-order valence-corrected chi connectivity index (χ2v) is 5.61. The number of hydrogen-bond donors (Lipinski definition) is 2. The molecule has 104 valence electrons. The van der Waals surface area contributed by atoms with Crippen LogP contribution in [-0.2, 0) is 0 Å². The van der Waals surface area contributed by atoms with Crippen molar-refractivity contribution in [2.75, 3.05) is 23.3 Å². The van der Waals surface area contributed by atoms with Crippen molar-refractivity contribution in [3.8, 4) is 0 Å². The van der Waals surface area contributed by atoms with Crippen LogP contribution in [0.3, 0.4) is 0 Å².